The third kappa shape index (κ3) is 1.37. The highest BCUT2D eigenvalue weighted by molar-refractivity contribution is 14.1. The van der Waals surface area contributed by atoms with E-state index in [0.717, 1.165) is 9.80 Å². The molecule has 0 aliphatic carbocycles. The first-order valence-electron chi connectivity index (χ1n) is 4.15. The maximum atomic E-state index is 11.8. The molecule has 0 unspecified atom stereocenters. The van der Waals surface area contributed by atoms with E-state index in [1.165, 1.54) is 0 Å². The lowest BCUT2D eigenvalue weighted by Gasteiger charge is -2.29. The van der Waals surface area contributed by atoms with E-state index in [9.17, 15) is 10.4 Å². The van der Waals surface area contributed by atoms with Gasteiger partial charge in [0.05, 0.1) is 4.43 Å². The normalized spacial score (nSPS) is 26.9. The molecule has 5 heteroatoms. The van der Waals surface area contributed by atoms with Crippen molar-refractivity contribution in [3.05, 3.63) is 5.21 Å². The van der Waals surface area contributed by atoms with Gasteiger partial charge in [0.1, 0.15) is 5.54 Å². The summed E-state index contributed by atoms with van der Waals surface area (Å²) in [6, 6.07) is 0. The zero-order valence-electron chi connectivity index (χ0n) is 8.33. The summed E-state index contributed by atoms with van der Waals surface area (Å²) < 4.78 is 1.54. The van der Waals surface area contributed by atoms with Crippen molar-refractivity contribution in [2.24, 2.45) is 0 Å². The van der Waals surface area contributed by atoms with Crippen LogP contribution in [0.1, 0.15) is 27.7 Å². The number of hydrogen-bond donors (Lipinski definition) is 1. The highest BCUT2D eigenvalue weighted by Gasteiger charge is 2.55. The Morgan fingerprint density at radius 1 is 1.46 bits per heavy atom. The first-order chi connectivity index (χ1) is 5.76. The SMILES string of the molecule is CC1(C)C(CI)=[N+]([O-])C(C)(C)N1O. The fourth-order valence-corrected chi connectivity index (χ4v) is 2.93. The summed E-state index contributed by atoms with van der Waals surface area (Å²) in [6.07, 6.45) is 0. The van der Waals surface area contributed by atoms with E-state index in [-0.39, 0.29) is 0 Å². The smallest absolute Gasteiger partial charge is 0.245 e. The molecule has 0 amide bonds. The van der Waals surface area contributed by atoms with Crippen LogP contribution in [-0.4, -0.2) is 36.4 Å². The lowest BCUT2D eigenvalue weighted by atomic mass is 10.0. The van der Waals surface area contributed by atoms with Gasteiger partial charge in [-0.2, -0.15) is 4.74 Å². The van der Waals surface area contributed by atoms with Crippen LogP contribution in [-0.2, 0) is 0 Å². The summed E-state index contributed by atoms with van der Waals surface area (Å²) in [5, 5.41) is 22.7. The van der Waals surface area contributed by atoms with Gasteiger partial charge in [0, 0.05) is 13.8 Å². The average molecular weight is 298 g/mol. The molecular formula is C8H15IN2O2. The molecule has 0 fully saturated rings. The van der Waals surface area contributed by atoms with Gasteiger partial charge in [-0.3, -0.25) is 0 Å². The number of hydroxylamine groups is 3. The Bertz CT molecular complexity index is 261. The fraction of sp³-hybridized carbons (Fsp3) is 0.875. The van der Waals surface area contributed by atoms with Crippen molar-refractivity contribution in [2.45, 2.75) is 38.9 Å². The molecule has 1 heterocycles. The molecule has 1 aliphatic heterocycles. The van der Waals surface area contributed by atoms with Crippen molar-refractivity contribution < 1.29 is 9.95 Å². The van der Waals surface area contributed by atoms with Gasteiger partial charge in [0.15, 0.2) is 5.71 Å². The molecule has 76 valence electrons. The molecular weight excluding hydrogens is 283 g/mol. The van der Waals surface area contributed by atoms with Crippen molar-refractivity contribution in [1.29, 1.82) is 0 Å². The predicted molar refractivity (Wildman–Crippen MR) is 59.3 cm³/mol. The van der Waals surface area contributed by atoms with Crippen molar-refractivity contribution >= 4 is 28.3 Å². The van der Waals surface area contributed by atoms with Gasteiger partial charge < -0.3 is 10.4 Å². The monoisotopic (exact) mass is 298 g/mol. The second-order valence-electron chi connectivity index (χ2n) is 4.24. The van der Waals surface area contributed by atoms with Crippen molar-refractivity contribution in [3.63, 3.8) is 0 Å². The van der Waals surface area contributed by atoms with Crippen LogP contribution in [0.3, 0.4) is 0 Å². The molecule has 0 bridgehead atoms. The van der Waals surface area contributed by atoms with Gasteiger partial charge in [-0.05, 0) is 13.8 Å². The number of alkyl halides is 1. The molecule has 0 spiro atoms. The summed E-state index contributed by atoms with van der Waals surface area (Å²) in [4.78, 5) is 0. The van der Waals surface area contributed by atoms with E-state index in [2.05, 4.69) is 22.6 Å². The molecule has 0 aromatic carbocycles. The van der Waals surface area contributed by atoms with Crippen LogP contribution in [0.25, 0.3) is 0 Å². The van der Waals surface area contributed by atoms with Crippen LogP contribution in [0, 0.1) is 5.21 Å². The summed E-state index contributed by atoms with van der Waals surface area (Å²) in [7, 11) is 0. The zero-order valence-corrected chi connectivity index (χ0v) is 10.5. The molecule has 0 saturated carbocycles. The van der Waals surface area contributed by atoms with Gasteiger partial charge >= 0.3 is 0 Å². The molecule has 4 nitrogen and oxygen atoms in total. The van der Waals surface area contributed by atoms with Gasteiger partial charge in [-0.25, -0.2) is 0 Å². The predicted octanol–water partition coefficient (Wildman–Crippen LogP) is 1.59. The van der Waals surface area contributed by atoms with E-state index >= 15 is 0 Å². The van der Waals surface area contributed by atoms with Gasteiger partial charge in [-0.1, -0.05) is 22.6 Å². The Kier molecular flexibility index (Phi) is 2.64. The standard InChI is InChI=1S/C8H15IN2O2/c1-7(2)6(5-9)10(12)8(3,4)11(7)13/h13H,5H2,1-4H3. The third-order valence-corrected chi connectivity index (χ3v) is 3.35. The van der Waals surface area contributed by atoms with Crippen LogP contribution < -0.4 is 0 Å². The number of nitrogens with zero attached hydrogens (tertiary/aromatic N) is 2. The Labute approximate surface area is 91.9 Å². The number of hydrogen-bond acceptors (Lipinski definition) is 3. The first kappa shape index (κ1) is 11.2. The molecule has 0 atom stereocenters. The summed E-state index contributed by atoms with van der Waals surface area (Å²) in [5.74, 6) is 0. The molecule has 0 radical (unpaired) electrons. The molecule has 0 saturated heterocycles. The van der Waals surface area contributed by atoms with E-state index in [4.69, 9.17) is 0 Å². The lowest BCUT2D eigenvalue weighted by molar-refractivity contribution is -0.580. The van der Waals surface area contributed by atoms with E-state index in [0.29, 0.717) is 10.1 Å². The first-order valence-corrected chi connectivity index (χ1v) is 5.67. The maximum absolute atomic E-state index is 11.8. The summed E-state index contributed by atoms with van der Waals surface area (Å²) >= 11 is 2.14. The Morgan fingerprint density at radius 2 is 1.92 bits per heavy atom. The molecule has 1 aliphatic rings. The minimum absolute atomic E-state index is 0.563. The second-order valence-corrected chi connectivity index (χ2v) is 5.00. The van der Waals surface area contributed by atoms with Crippen molar-refractivity contribution in [1.82, 2.24) is 5.06 Å². The molecule has 1 rings (SSSR count). The summed E-state index contributed by atoms with van der Waals surface area (Å²) in [5.41, 5.74) is -0.711. The largest absolute Gasteiger partial charge is 0.622 e. The fourth-order valence-electron chi connectivity index (χ4n) is 1.69. The molecule has 13 heavy (non-hydrogen) atoms. The van der Waals surface area contributed by atoms with Crippen molar-refractivity contribution in [3.8, 4) is 0 Å². The Morgan fingerprint density at radius 3 is 2.08 bits per heavy atom. The van der Waals surface area contributed by atoms with Crippen molar-refractivity contribution in [2.75, 3.05) is 4.43 Å². The maximum Gasteiger partial charge on any atom is 0.245 e. The molecule has 0 aromatic rings. The number of rotatable bonds is 1. The molecule has 0 aromatic heterocycles. The third-order valence-electron chi connectivity index (χ3n) is 2.62. The number of halogens is 1. The van der Waals surface area contributed by atoms with E-state index in [1.54, 1.807) is 13.8 Å². The summed E-state index contributed by atoms with van der Waals surface area (Å²) in [6.45, 7) is 7.11. The average Bonchev–Trinajstić information content (AvgIpc) is 2.12. The topological polar surface area (TPSA) is 49.5 Å². The highest BCUT2D eigenvalue weighted by atomic mass is 127. The molecule has 1 N–H and O–H groups in total. The van der Waals surface area contributed by atoms with Crippen LogP contribution in [0.2, 0.25) is 0 Å². The minimum Gasteiger partial charge on any atom is -0.622 e. The van der Waals surface area contributed by atoms with Gasteiger partial charge in [-0.15, -0.1) is 5.06 Å². The Balaban J connectivity index is 3.23. The van der Waals surface area contributed by atoms with E-state index < -0.39 is 11.2 Å². The second kappa shape index (κ2) is 3.06. The lowest BCUT2D eigenvalue weighted by Crippen LogP contribution is -2.51. The van der Waals surface area contributed by atoms with Crippen LogP contribution in [0.5, 0.6) is 0 Å². The Hall–Kier alpha value is 0.120. The highest BCUT2D eigenvalue weighted by Crippen LogP contribution is 2.32. The quantitative estimate of drug-likeness (QED) is 0.346. The van der Waals surface area contributed by atoms with Gasteiger partial charge in [0.25, 0.3) is 0 Å². The minimum atomic E-state index is -0.857. The van der Waals surface area contributed by atoms with E-state index in [1.807, 2.05) is 13.8 Å². The van der Waals surface area contributed by atoms with Crippen LogP contribution in [0.4, 0.5) is 0 Å². The van der Waals surface area contributed by atoms with Crippen LogP contribution >= 0.6 is 22.6 Å². The van der Waals surface area contributed by atoms with Gasteiger partial charge in [0.2, 0.25) is 5.66 Å². The van der Waals surface area contributed by atoms with Crippen LogP contribution in [0.15, 0.2) is 0 Å². The zero-order chi connectivity index (χ0) is 10.4.